The van der Waals surface area contributed by atoms with Gasteiger partial charge in [-0.05, 0) is 44.2 Å². The van der Waals surface area contributed by atoms with Crippen molar-refractivity contribution in [1.82, 2.24) is 5.32 Å². The maximum atomic E-state index is 3.42. The van der Waals surface area contributed by atoms with Crippen LogP contribution in [0.5, 0.6) is 0 Å². The highest BCUT2D eigenvalue weighted by Gasteiger charge is 2.11. The van der Waals surface area contributed by atoms with Crippen molar-refractivity contribution in [3.05, 3.63) is 34.9 Å². The Balaban J connectivity index is 2.70. The van der Waals surface area contributed by atoms with E-state index in [1.807, 2.05) is 11.8 Å². The smallest absolute Gasteiger partial charge is 0.0412 e. The standard InChI is InChI=1S/C14H23NS/c1-5-8-16-10-14(15-4)13-7-6-11(2)9-12(13)3/h6-7,9,14-15H,5,8,10H2,1-4H3. The van der Waals surface area contributed by atoms with Gasteiger partial charge in [0.15, 0.2) is 0 Å². The highest BCUT2D eigenvalue weighted by molar-refractivity contribution is 7.99. The predicted octanol–water partition coefficient (Wildman–Crippen LogP) is 3.71. The molecule has 1 N–H and O–H groups in total. The molecule has 1 unspecified atom stereocenters. The molecule has 0 radical (unpaired) electrons. The lowest BCUT2D eigenvalue weighted by atomic mass is 10.0. The van der Waals surface area contributed by atoms with Gasteiger partial charge in [0.2, 0.25) is 0 Å². The maximum Gasteiger partial charge on any atom is 0.0412 e. The van der Waals surface area contributed by atoms with Crippen LogP contribution < -0.4 is 5.32 Å². The molecule has 16 heavy (non-hydrogen) atoms. The van der Waals surface area contributed by atoms with Crippen LogP contribution in [0, 0.1) is 13.8 Å². The zero-order valence-electron chi connectivity index (χ0n) is 10.8. The summed E-state index contributed by atoms with van der Waals surface area (Å²) in [5, 5.41) is 3.42. The van der Waals surface area contributed by atoms with Gasteiger partial charge in [0.25, 0.3) is 0 Å². The summed E-state index contributed by atoms with van der Waals surface area (Å²) >= 11 is 2.03. The lowest BCUT2D eigenvalue weighted by Crippen LogP contribution is -2.20. The average Bonchev–Trinajstić information content (AvgIpc) is 2.26. The molecule has 1 aromatic rings. The van der Waals surface area contributed by atoms with Crippen molar-refractivity contribution >= 4 is 11.8 Å². The first-order valence-electron chi connectivity index (χ1n) is 6.01. The van der Waals surface area contributed by atoms with E-state index in [-0.39, 0.29) is 0 Å². The first-order valence-corrected chi connectivity index (χ1v) is 7.16. The highest BCUT2D eigenvalue weighted by atomic mass is 32.2. The number of nitrogens with one attached hydrogen (secondary N) is 1. The Morgan fingerprint density at radius 1 is 1.31 bits per heavy atom. The van der Waals surface area contributed by atoms with Gasteiger partial charge in [-0.1, -0.05) is 30.7 Å². The van der Waals surface area contributed by atoms with Gasteiger partial charge in [0.05, 0.1) is 0 Å². The molecule has 0 saturated carbocycles. The molecule has 1 aromatic carbocycles. The van der Waals surface area contributed by atoms with Crippen molar-refractivity contribution in [2.24, 2.45) is 0 Å². The lowest BCUT2D eigenvalue weighted by Gasteiger charge is -2.18. The summed E-state index contributed by atoms with van der Waals surface area (Å²) in [4.78, 5) is 0. The summed E-state index contributed by atoms with van der Waals surface area (Å²) in [5.74, 6) is 2.41. The first kappa shape index (κ1) is 13.6. The van der Waals surface area contributed by atoms with Crippen molar-refractivity contribution < 1.29 is 0 Å². The van der Waals surface area contributed by atoms with Crippen molar-refractivity contribution in [3.8, 4) is 0 Å². The number of benzene rings is 1. The van der Waals surface area contributed by atoms with Crippen LogP contribution in [0.3, 0.4) is 0 Å². The fraction of sp³-hybridized carbons (Fsp3) is 0.571. The SMILES string of the molecule is CCCSCC(NC)c1ccc(C)cc1C. The fourth-order valence-corrected chi connectivity index (χ4v) is 2.93. The van der Waals surface area contributed by atoms with Gasteiger partial charge in [0, 0.05) is 11.8 Å². The highest BCUT2D eigenvalue weighted by Crippen LogP contribution is 2.22. The van der Waals surface area contributed by atoms with Gasteiger partial charge in [-0.2, -0.15) is 11.8 Å². The Morgan fingerprint density at radius 3 is 2.62 bits per heavy atom. The van der Waals surface area contributed by atoms with Gasteiger partial charge in [-0.3, -0.25) is 0 Å². The second-order valence-corrected chi connectivity index (χ2v) is 5.43. The van der Waals surface area contributed by atoms with Gasteiger partial charge in [-0.25, -0.2) is 0 Å². The molecular formula is C14H23NS. The summed E-state index contributed by atoms with van der Waals surface area (Å²) in [7, 11) is 2.05. The van der Waals surface area contributed by atoms with Crippen LogP contribution in [0.25, 0.3) is 0 Å². The van der Waals surface area contributed by atoms with Crippen LogP contribution in [0.15, 0.2) is 18.2 Å². The van der Waals surface area contributed by atoms with E-state index < -0.39 is 0 Å². The summed E-state index contributed by atoms with van der Waals surface area (Å²) in [6, 6.07) is 7.22. The van der Waals surface area contributed by atoms with Crippen LogP contribution in [-0.4, -0.2) is 18.6 Å². The molecule has 90 valence electrons. The van der Waals surface area contributed by atoms with E-state index in [4.69, 9.17) is 0 Å². The lowest BCUT2D eigenvalue weighted by molar-refractivity contribution is 0.657. The third kappa shape index (κ3) is 3.84. The molecule has 0 aliphatic rings. The first-order chi connectivity index (χ1) is 7.69. The number of aryl methyl sites for hydroxylation is 2. The van der Waals surface area contributed by atoms with E-state index in [1.165, 1.54) is 28.9 Å². The van der Waals surface area contributed by atoms with Crippen LogP contribution >= 0.6 is 11.8 Å². The fourth-order valence-electron chi connectivity index (χ4n) is 1.89. The number of thioether (sulfide) groups is 1. The van der Waals surface area contributed by atoms with E-state index in [2.05, 4.69) is 51.3 Å². The summed E-state index contributed by atoms with van der Waals surface area (Å²) in [6.07, 6.45) is 1.26. The van der Waals surface area contributed by atoms with E-state index >= 15 is 0 Å². The monoisotopic (exact) mass is 237 g/mol. The summed E-state index contributed by atoms with van der Waals surface area (Å²) in [5.41, 5.74) is 4.19. The zero-order valence-corrected chi connectivity index (χ0v) is 11.7. The quantitative estimate of drug-likeness (QED) is 0.757. The second-order valence-electron chi connectivity index (χ2n) is 4.28. The molecule has 0 fully saturated rings. The minimum Gasteiger partial charge on any atom is -0.312 e. The predicted molar refractivity (Wildman–Crippen MR) is 75.3 cm³/mol. The molecule has 0 saturated heterocycles. The van der Waals surface area contributed by atoms with Crippen molar-refractivity contribution in [2.75, 3.05) is 18.6 Å². The third-order valence-corrected chi connectivity index (χ3v) is 4.05. The minimum absolute atomic E-state index is 0.483. The Labute approximate surface area is 104 Å². The molecule has 0 aliphatic carbocycles. The Kier molecular flexibility index (Phi) is 5.93. The molecule has 0 aliphatic heterocycles. The summed E-state index contributed by atoms with van der Waals surface area (Å²) < 4.78 is 0. The van der Waals surface area contributed by atoms with Crippen molar-refractivity contribution in [3.63, 3.8) is 0 Å². The molecule has 0 heterocycles. The molecule has 2 heteroatoms. The van der Waals surface area contributed by atoms with E-state index in [1.54, 1.807) is 0 Å². The topological polar surface area (TPSA) is 12.0 Å². The number of hydrogen-bond donors (Lipinski definition) is 1. The normalized spacial score (nSPS) is 12.8. The zero-order chi connectivity index (χ0) is 12.0. The molecule has 0 aromatic heterocycles. The van der Waals surface area contributed by atoms with Gasteiger partial charge in [-0.15, -0.1) is 0 Å². The van der Waals surface area contributed by atoms with Crippen LogP contribution in [-0.2, 0) is 0 Å². The van der Waals surface area contributed by atoms with Crippen LogP contribution in [0.4, 0.5) is 0 Å². The van der Waals surface area contributed by atoms with Gasteiger partial charge >= 0.3 is 0 Å². The molecule has 0 bridgehead atoms. The molecule has 1 nitrogen and oxygen atoms in total. The third-order valence-electron chi connectivity index (χ3n) is 2.78. The Hall–Kier alpha value is -0.470. The van der Waals surface area contributed by atoms with Gasteiger partial charge < -0.3 is 5.32 Å². The molecule has 1 rings (SSSR count). The Morgan fingerprint density at radius 2 is 2.06 bits per heavy atom. The number of rotatable bonds is 6. The Bertz CT molecular complexity index is 323. The van der Waals surface area contributed by atoms with Crippen LogP contribution in [0.1, 0.15) is 36.1 Å². The largest absolute Gasteiger partial charge is 0.312 e. The molecule has 0 amide bonds. The van der Waals surface area contributed by atoms with E-state index in [9.17, 15) is 0 Å². The minimum atomic E-state index is 0.483. The van der Waals surface area contributed by atoms with E-state index in [0.29, 0.717) is 6.04 Å². The van der Waals surface area contributed by atoms with Crippen LogP contribution in [0.2, 0.25) is 0 Å². The molecular weight excluding hydrogens is 214 g/mol. The second kappa shape index (κ2) is 6.97. The maximum absolute atomic E-state index is 3.42. The number of hydrogen-bond acceptors (Lipinski definition) is 2. The van der Waals surface area contributed by atoms with Gasteiger partial charge in [0.1, 0.15) is 0 Å². The molecule has 1 atom stereocenters. The van der Waals surface area contributed by atoms with E-state index in [0.717, 1.165) is 5.75 Å². The summed E-state index contributed by atoms with van der Waals surface area (Å²) in [6.45, 7) is 6.59. The molecule has 0 spiro atoms. The van der Waals surface area contributed by atoms with Crippen molar-refractivity contribution in [2.45, 2.75) is 33.2 Å². The van der Waals surface area contributed by atoms with Crippen molar-refractivity contribution in [1.29, 1.82) is 0 Å². The average molecular weight is 237 g/mol.